The van der Waals surface area contributed by atoms with Crippen molar-refractivity contribution in [3.05, 3.63) is 0 Å². The first kappa shape index (κ1) is 14.0. The summed E-state index contributed by atoms with van der Waals surface area (Å²) in [5.41, 5.74) is 0. The molecule has 3 amide bonds. The van der Waals surface area contributed by atoms with Gasteiger partial charge in [0.2, 0.25) is 5.91 Å². The lowest BCUT2D eigenvalue weighted by atomic mass is 10.0. The van der Waals surface area contributed by atoms with Crippen LogP contribution in [-0.4, -0.2) is 64.2 Å². The maximum atomic E-state index is 11.7. The molecular weight excluding hydrogens is 278 g/mol. The number of hydrogen-bond donors (Lipinski definition) is 3. The molecule has 3 aliphatic heterocycles. The number of likely N-dealkylation sites (tertiary alicyclic amines) is 1. The smallest absolute Gasteiger partial charge is 0.315 e. The van der Waals surface area contributed by atoms with Crippen molar-refractivity contribution in [3.63, 3.8) is 0 Å². The van der Waals surface area contributed by atoms with Crippen LogP contribution in [0.1, 0.15) is 25.7 Å². The zero-order valence-electron chi connectivity index (χ0n) is 11.4. The van der Waals surface area contributed by atoms with Crippen molar-refractivity contribution in [1.29, 1.82) is 0 Å². The first-order valence-corrected chi connectivity index (χ1v) is 8.33. The molecule has 0 aromatic carbocycles. The van der Waals surface area contributed by atoms with E-state index >= 15 is 0 Å². The van der Waals surface area contributed by atoms with E-state index in [2.05, 4.69) is 10.6 Å². The summed E-state index contributed by atoms with van der Waals surface area (Å²) in [6, 6.07) is 0.493. The van der Waals surface area contributed by atoms with E-state index in [-0.39, 0.29) is 30.1 Å². The minimum absolute atomic E-state index is 0.0446. The zero-order valence-corrected chi connectivity index (χ0v) is 12.2. The van der Waals surface area contributed by atoms with E-state index in [9.17, 15) is 9.59 Å². The summed E-state index contributed by atoms with van der Waals surface area (Å²) >= 11 is 1.91. The van der Waals surface area contributed by atoms with Gasteiger partial charge in [-0.25, -0.2) is 4.79 Å². The monoisotopic (exact) mass is 299 g/mol. The number of aliphatic hydroxyl groups is 1. The minimum Gasteiger partial charge on any atom is -0.389 e. The number of β-amino-alcohol motifs (C(OH)–C–C–N with tert-alkyl or cyclic N) is 1. The Balaban J connectivity index is 1.32. The molecule has 3 saturated heterocycles. The van der Waals surface area contributed by atoms with Gasteiger partial charge in [0.15, 0.2) is 0 Å². The highest BCUT2D eigenvalue weighted by atomic mass is 32.2. The molecule has 20 heavy (non-hydrogen) atoms. The third kappa shape index (κ3) is 2.88. The van der Waals surface area contributed by atoms with Gasteiger partial charge in [-0.15, -0.1) is 0 Å². The highest BCUT2D eigenvalue weighted by Crippen LogP contribution is 2.33. The summed E-state index contributed by atoms with van der Waals surface area (Å²) in [6.07, 6.45) is 3.20. The number of urea groups is 1. The van der Waals surface area contributed by atoms with Gasteiger partial charge in [-0.1, -0.05) is 6.42 Å². The summed E-state index contributed by atoms with van der Waals surface area (Å²) in [4.78, 5) is 24.7. The Hall–Kier alpha value is -0.950. The number of hydrogen-bond acceptors (Lipinski definition) is 4. The first-order chi connectivity index (χ1) is 9.63. The lowest BCUT2D eigenvalue weighted by Gasteiger charge is -2.36. The van der Waals surface area contributed by atoms with Gasteiger partial charge in [0.25, 0.3) is 0 Å². The number of unbranched alkanes of at least 4 members (excludes halogenated alkanes) is 1. The number of thioether (sulfide) groups is 1. The van der Waals surface area contributed by atoms with Crippen LogP contribution in [-0.2, 0) is 4.79 Å². The van der Waals surface area contributed by atoms with Crippen molar-refractivity contribution in [2.24, 2.45) is 0 Å². The average Bonchev–Trinajstić information content (AvgIpc) is 2.90. The maximum Gasteiger partial charge on any atom is 0.315 e. The Bertz CT molecular complexity index is 400. The summed E-state index contributed by atoms with van der Waals surface area (Å²) in [5, 5.41) is 15.5. The molecule has 7 heteroatoms. The molecule has 0 bridgehead atoms. The van der Waals surface area contributed by atoms with Crippen LogP contribution in [0.2, 0.25) is 0 Å². The molecule has 3 aliphatic rings. The molecule has 3 rings (SSSR count). The first-order valence-electron chi connectivity index (χ1n) is 7.28. The summed E-state index contributed by atoms with van der Waals surface area (Å²) < 4.78 is 0. The van der Waals surface area contributed by atoms with Crippen molar-refractivity contribution >= 4 is 23.7 Å². The Morgan fingerprint density at radius 3 is 2.90 bits per heavy atom. The number of nitrogens with zero attached hydrogens (tertiary/aromatic N) is 1. The van der Waals surface area contributed by atoms with Crippen LogP contribution >= 0.6 is 11.8 Å². The van der Waals surface area contributed by atoms with Crippen LogP contribution in [0.3, 0.4) is 0 Å². The number of fused-ring (bicyclic) bond motifs is 1. The van der Waals surface area contributed by atoms with Gasteiger partial charge >= 0.3 is 6.03 Å². The fraction of sp³-hybridized carbons (Fsp3) is 0.846. The van der Waals surface area contributed by atoms with Crippen molar-refractivity contribution in [2.75, 3.05) is 18.8 Å². The number of carbonyl (C=O) groups excluding carboxylic acids is 2. The van der Waals surface area contributed by atoms with Crippen molar-refractivity contribution in [1.82, 2.24) is 15.5 Å². The molecule has 0 spiro atoms. The molecule has 0 aromatic rings. The fourth-order valence-corrected chi connectivity index (χ4v) is 4.63. The van der Waals surface area contributed by atoms with E-state index in [0.29, 0.717) is 24.8 Å². The van der Waals surface area contributed by atoms with Crippen LogP contribution in [0, 0.1) is 0 Å². The van der Waals surface area contributed by atoms with Gasteiger partial charge in [0, 0.05) is 30.5 Å². The summed E-state index contributed by atoms with van der Waals surface area (Å²) in [6.45, 7) is 0.998. The van der Waals surface area contributed by atoms with Crippen LogP contribution in [0.25, 0.3) is 0 Å². The van der Waals surface area contributed by atoms with E-state index in [1.165, 1.54) is 0 Å². The molecule has 0 aliphatic carbocycles. The van der Waals surface area contributed by atoms with Gasteiger partial charge in [0.1, 0.15) is 0 Å². The van der Waals surface area contributed by atoms with Gasteiger partial charge in [-0.05, 0) is 12.8 Å². The number of nitrogens with one attached hydrogen (secondary N) is 2. The molecule has 112 valence electrons. The van der Waals surface area contributed by atoms with Gasteiger partial charge in [-0.2, -0.15) is 11.8 Å². The third-order valence-electron chi connectivity index (χ3n) is 4.28. The van der Waals surface area contributed by atoms with Crippen LogP contribution in [0.15, 0.2) is 0 Å². The van der Waals surface area contributed by atoms with E-state index in [4.69, 9.17) is 5.11 Å². The topological polar surface area (TPSA) is 81.7 Å². The molecule has 3 N–H and O–H groups in total. The van der Waals surface area contributed by atoms with Crippen molar-refractivity contribution in [3.8, 4) is 0 Å². The van der Waals surface area contributed by atoms with Gasteiger partial charge in [0.05, 0.1) is 18.2 Å². The second kappa shape index (κ2) is 5.81. The Morgan fingerprint density at radius 1 is 1.35 bits per heavy atom. The Morgan fingerprint density at radius 2 is 2.15 bits per heavy atom. The maximum absolute atomic E-state index is 11.7. The number of carbonyl (C=O) groups is 2. The zero-order chi connectivity index (χ0) is 14.1. The molecule has 3 atom stereocenters. The van der Waals surface area contributed by atoms with Crippen molar-refractivity contribution in [2.45, 2.75) is 49.1 Å². The second-order valence-corrected chi connectivity index (χ2v) is 7.09. The Labute approximate surface area is 122 Å². The molecule has 0 radical (unpaired) electrons. The lowest BCUT2D eigenvalue weighted by Crippen LogP contribution is -2.53. The summed E-state index contributed by atoms with van der Waals surface area (Å²) in [5.74, 6) is 1.14. The number of amides is 3. The quantitative estimate of drug-likeness (QED) is 0.490. The summed E-state index contributed by atoms with van der Waals surface area (Å²) in [7, 11) is 0. The molecule has 0 saturated carbocycles. The highest BCUT2D eigenvalue weighted by Gasteiger charge is 2.42. The van der Waals surface area contributed by atoms with Crippen LogP contribution in [0.4, 0.5) is 4.79 Å². The predicted octanol–water partition coefficient (Wildman–Crippen LogP) is -0.0847. The van der Waals surface area contributed by atoms with Gasteiger partial charge in [-0.3, -0.25) is 4.79 Å². The SMILES string of the molecule is O=C1N[C@H]2[C@H](CS[C@H]2CCCCC(=O)N2CC(O)C2)N1. The van der Waals surface area contributed by atoms with E-state index in [1.54, 1.807) is 4.90 Å². The normalized spacial score (nSPS) is 32.5. The third-order valence-corrected chi connectivity index (χ3v) is 5.79. The molecule has 0 unspecified atom stereocenters. The second-order valence-electron chi connectivity index (χ2n) is 5.82. The molecular formula is C13H21N3O3S. The molecule has 0 aromatic heterocycles. The predicted molar refractivity (Wildman–Crippen MR) is 76.5 cm³/mol. The lowest BCUT2D eigenvalue weighted by molar-refractivity contribution is -0.141. The van der Waals surface area contributed by atoms with Gasteiger partial charge < -0.3 is 20.6 Å². The largest absolute Gasteiger partial charge is 0.389 e. The van der Waals surface area contributed by atoms with Crippen LogP contribution < -0.4 is 10.6 Å². The molecule has 3 heterocycles. The minimum atomic E-state index is -0.316. The Kier molecular flexibility index (Phi) is 4.07. The highest BCUT2D eigenvalue weighted by molar-refractivity contribution is 8.00. The standard InChI is InChI=1S/C13H21N3O3S/c17-8-5-16(6-8)11(18)4-2-1-3-10-12-9(7-20-10)14-13(19)15-12/h8-10,12,17H,1-7H2,(H2,14,15,19)/t9-,10-,12-/m0/s1. The van der Waals surface area contributed by atoms with Crippen molar-refractivity contribution < 1.29 is 14.7 Å². The molecule has 3 fully saturated rings. The number of aliphatic hydroxyl groups excluding tert-OH is 1. The molecule has 6 nitrogen and oxygen atoms in total. The van der Waals surface area contributed by atoms with E-state index < -0.39 is 0 Å². The van der Waals surface area contributed by atoms with Crippen LogP contribution in [0.5, 0.6) is 0 Å². The number of rotatable bonds is 5. The van der Waals surface area contributed by atoms with E-state index in [0.717, 1.165) is 25.0 Å². The van der Waals surface area contributed by atoms with E-state index in [1.807, 2.05) is 11.8 Å². The average molecular weight is 299 g/mol. The fourth-order valence-electron chi connectivity index (χ4n) is 3.08.